The molecule has 0 aromatic carbocycles. The van der Waals surface area contributed by atoms with Crippen molar-refractivity contribution in [1.82, 2.24) is 0 Å². The van der Waals surface area contributed by atoms with E-state index in [-0.39, 0.29) is 0 Å². The minimum atomic E-state index is -1.23. The van der Waals surface area contributed by atoms with Crippen LogP contribution in [0.5, 0.6) is 0 Å². The summed E-state index contributed by atoms with van der Waals surface area (Å²) in [5.74, 6) is 5.22. The van der Waals surface area contributed by atoms with Crippen LogP contribution < -0.4 is 0 Å². The van der Waals surface area contributed by atoms with E-state index in [1.807, 2.05) is 11.1 Å². The minimum Gasteiger partial charge on any atom is -0.132 e. The summed E-state index contributed by atoms with van der Waals surface area (Å²) in [7, 11) is -1.23. The normalized spacial score (nSPS) is 37.2. The molecule has 0 aliphatic heterocycles. The van der Waals surface area contributed by atoms with Crippen LogP contribution in [0.2, 0.25) is 19.6 Å². The van der Waals surface area contributed by atoms with Crippen molar-refractivity contribution < 1.29 is 0 Å². The van der Waals surface area contributed by atoms with Crippen LogP contribution in [0.1, 0.15) is 65.7 Å². The number of hydrogen-bond acceptors (Lipinski definition) is 0. The molecule has 0 spiro atoms. The van der Waals surface area contributed by atoms with Gasteiger partial charge in [0.2, 0.25) is 0 Å². The average molecular weight is 315 g/mol. The van der Waals surface area contributed by atoms with E-state index in [4.69, 9.17) is 0 Å². The second kappa shape index (κ2) is 5.27. The zero-order chi connectivity index (χ0) is 16.2. The summed E-state index contributed by atoms with van der Waals surface area (Å²) in [4.78, 5) is 0. The molecule has 0 saturated heterocycles. The van der Waals surface area contributed by atoms with Crippen molar-refractivity contribution in [1.29, 1.82) is 0 Å². The Kier molecular flexibility index (Phi) is 3.92. The maximum atomic E-state index is 3.68. The molecule has 1 unspecified atom stereocenters. The van der Waals surface area contributed by atoms with Gasteiger partial charge in [0.1, 0.15) is 8.07 Å². The van der Waals surface area contributed by atoms with Gasteiger partial charge in [-0.3, -0.25) is 0 Å². The summed E-state index contributed by atoms with van der Waals surface area (Å²) in [6, 6.07) is 0. The molecule has 1 heteroatoms. The van der Waals surface area contributed by atoms with Crippen LogP contribution >= 0.6 is 0 Å². The third kappa shape index (κ3) is 2.84. The largest absolute Gasteiger partial charge is 0.132 e. The fourth-order valence-electron chi connectivity index (χ4n) is 5.71. The van der Waals surface area contributed by atoms with E-state index >= 15 is 0 Å². The van der Waals surface area contributed by atoms with Crippen LogP contribution in [0.15, 0.2) is 11.1 Å². The van der Waals surface area contributed by atoms with E-state index in [1.54, 1.807) is 0 Å². The van der Waals surface area contributed by atoms with Crippen molar-refractivity contribution in [2.45, 2.75) is 85.4 Å². The molecule has 0 aromatic rings. The third-order valence-corrected chi connectivity index (χ3v) is 7.57. The monoisotopic (exact) mass is 314 g/mol. The highest BCUT2D eigenvalue weighted by atomic mass is 28.3. The Balaban J connectivity index is 1.84. The molecule has 0 radical (unpaired) electrons. The first kappa shape index (κ1) is 16.4. The lowest BCUT2D eigenvalue weighted by molar-refractivity contribution is 0.0120. The lowest BCUT2D eigenvalue weighted by Gasteiger charge is -2.54. The molecule has 3 aliphatic rings. The van der Waals surface area contributed by atoms with E-state index in [2.05, 4.69) is 51.9 Å². The molecule has 0 N–H and O–H groups in total. The molecule has 0 nitrogen and oxygen atoms in total. The summed E-state index contributed by atoms with van der Waals surface area (Å²) in [6.07, 6.45) is 9.64. The molecule has 0 amide bonds. The standard InChI is InChI=1S/C21H34Si/c1-20(2)11-7-12-21(3)18-15-16(10-13-22(4,5)6)14-17(18)8-9-19(20)21/h16,19H,7-9,11-12,14-15H2,1-6H3/t16?,19-,21+/m0/s1. The fraction of sp³-hybridized carbons (Fsp3) is 0.810. The molecule has 3 rings (SSSR count). The molecule has 122 valence electrons. The summed E-state index contributed by atoms with van der Waals surface area (Å²) < 4.78 is 0. The van der Waals surface area contributed by atoms with Crippen LogP contribution in [0.3, 0.4) is 0 Å². The van der Waals surface area contributed by atoms with Crippen molar-refractivity contribution in [3.05, 3.63) is 11.1 Å². The second-order valence-corrected chi connectivity index (χ2v) is 14.8. The number of allylic oxidation sites excluding steroid dienone is 2. The van der Waals surface area contributed by atoms with Crippen LogP contribution in [0.25, 0.3) is 0 Å². The van der Waals surface area contributed by atoms with Gasteiger partial charge in [-0.1, -0.05) is 58.0 Å². The SMILES string of the molecule is CC1(C)CCC[C@]2(C)C3=C(CC[C@@H]12)CC(C#C[Si](C)(C)C)C3. The van der Waals surface area contributed by atoms with Gasteiger partial charge in [-0.15, -0.1) is 11.5 Å². The van der Waals surface area contributed by atoms with Gasteiger partial charge in [0.15, 0.2) is 0 Å². The first-order valence-electron chi connectivity index (χ1n) is 9.36. The van der Waals surface area contributed by atoms with Crippen LogP contribution in [0.4, 0.5) is 0 Å². The Hall–Kier alpha value is -0.483. The van der Waals surface area contributed by atoms with Crippen molar-refractivity contribution in [3.8, 4) is 11.5 Å². The quantitative estimate of drug-likeness (QED) is 0.284. The van der Waals surface area contributed by atoms with Crippen LogP contribution in [-0.4, -0.2) is 8.07 Å². The van der Waals surface area contributed by atoms with Gasteiger partial charge in [0.25, 0.3) is 0 Å². The van der Waals surface area contributed by atoms with Crippen molar-refractivity contribution in [2.24, 2.45) is 22.7 Å². The van der Waals surface area contributed by atoms with E-state index in [0.29, 0.717) is 16.7 Å². The summed E-state index contributed by atoms with van der Waals surface area (Å²) in [6.45, 7) is 14.7. The molecule has 3 aliphatic carbocycles. The van der Waals surface area contributed by atoms with Crippen molar-refractivity contribution >= 4 is 8.07 Å². The van der Waals surface area contributed by atoms with Crippen LogP contribution in [0, 0.1) is 34.1 Å². The Morgan fingerprint density at radius 2 is 1.77 bits per heavy atom. The highest BCUT2D eigenvalue weighted by molar-refractivity contribution is 6.83. The van der Waals surface area contributed by atoms with Crippen molar-refractivity contribution in [3.63, 3.8) is 0 Å². The lowest BCUT2D eigenvalue weighted by atomic mass is 9.50. The molecule has 0 bridgehead atoms. The third-order valence-electron chi connectivity index (χ3n) is 6.68. The van der Waals surface area contributed by atoms with Gasteiger partial charge in [0, 0.05) is 5.92 Å². The summed E-state index contributed by atoms with van der Waals surface area (Å²) in [5.41, 5.74) is 8.33. The molecule has 22 heavy (non-hydrogen) atoms. The molecule has 3 atom stereocenters. The Morgan fingerprint density at radius 1 is 1.05 bits per heavy atom. The highest BCUT2D eigenvalue weighted by Gasteiger charge is 2.51. The maximum Gasteiger partial charge on any atom is 0.129 e. The number of hydrogen-bond donors (Lipinski definition) is 0. The fourth-order valence-corrected chi connectivity index (χ4v) is 6.34. The zero-order valence-electron chi connectivity index (χ0n) is 15.6. The predicted octanol–water partition coefficient (Wildman–Crippen LogP) is 6.20. The minimum absolute atomic E-state index is 0.491. The number of fused-ring (bicyclic) bond motifs is 2. The Morgan fingerprint density at radius 3 is 2.45 bits per heavy atom. The lowest BCUT2D eigenvalue weighted by Crippen LogP contribution is -2.45. The second-order valence-electron chi connectivity index (χ2n) is 10.1. The smallest absolute Gasteiger partial charge is 0.129 e. The van der Waals surface area contributed by atoms with Gasteiger partial charge >= 0.3 is 0 Å². The van der Waals surface area contributed by atoms with Gasteiger partial charge in [-0.2, -0.15) is 0 Å². The van der Waals surface area contributed by atoms with Gasteiger partial charge < -0.3 is 0 Å². The predicted molar refractivity (Wildman–Crippen MR) is 99.3 cm³/mol. The maximum absolute atomic E-state index is 3.68. The topological polar surface area (TPSA) is 0 Å². The van der Waals surface area contributed by atoms with E-state index in [9.17, 15) is 0 Å². The van der Waals surface area contributed by atoms with Gasteiger partial charge in [0.05, 0.1) is 0 Å². The van der Waals surface area contributed by atoms with Crippen molar-refractivity contribution in [2.75, 3.05) is 0 Å². The van der Waals surface area contributed by atoms with E-state index in [1.165, 1.54) is 44.9 Å². The van der Waals surface area contributed by atoms with Gasteiger partial charge in [-0.05, 0) is 55.3 Å². The van der Waals surface area contributed by atoms with E-state index < -0.39 is 8.07 Å². The molecule has 1 saturated carbocycles. The summed E-state index contributed by atoms with van der Waals surface area (Å²) >= 11 is 0. The molecule has 0 heterocycles. The zero-order valence-corrected chi connectivity index (χ0v) is 16.6. The van der Waals surface area contributed by atoms with E-state index in [0.717, 1.165) is 5.92 Å². The summed E-state index contributed by atoms with van der Waals surface area (Å²) in [5, 5.41) is 0. The molecule has 0 aromatic heterocycles. The van der Waals surface area contributed by atoms with Crippen LogP contribution in [-0.2, 0) is 0 Å². The average Bonchev–Trinajstić information content (AvgIpc) is 2.79. The Labute approximate surface area is 139 Å². The first-order valence-corrected chi connectivity index (χ1v) is 12.9. The van der Waals surface area contributed by atoms with Gasteiger partial charge in [-0.25, -0.2) is 0 Å². The Bertz CT molecular complexity index is 549. The highest BCUT2D eigenvalue weighted by Crippen LogP contribution is 2.62. The molecular formula is C21H34Si. The first-order chi connectivity index (χ1) is 10.1. The number of rotatable bonds is 0. The molecule has 1 fully saturated rings. The molecular weight excluding hydrogens is 280 g/mol.